The van der Waals surface area contributed by atoms with Crippen LogP contribution in [0.5, 0.6) is 0 Å². The molecule has 0 bridgehead atoms. The molecular weight excluding hydrogens is 1080 g/mol. The number of carbonyl (C=O) groups excluding carboxylic acids is 9. The summed E-state index contributed by atoms with van der Waals surface area (Å²) in [6.45, 7) is 15.1. The molecule has 4 aliphatic rings. The number of imide groups is 1. The standard InChI is InChI=1S/C22H17FN2O4.C19H28N4O4S.C14H21N3O4.2C2H6/c1-9-10-3-2-4-11-13-7-25-17(19(13)24-16(18(10)11)6-15(9)23)5-12-14(21(25)27)8-29-22(28)20(12)26;1-2-20-17(25)9-6-10-28-14-23-18(26)12-21-19(27)16(22-13-24)11-15-7-4-3-5-8-15;1-2-15-12(19)10-16-11(18)6-4-3-5-9-17-13(20)7-8-14(17)21;2*1-2/h5-6,20,26H,2-4,7-8H2,1H3;3-5,7-8,13,16H,2,6,9-12,14H2,1H3,(H,20,25)(H,21,27)(H,22,24)(H,23,26);7-8H,2-6,9-10H2,1H3,(H,15,19)(H,16,18);2*1-2H3. The number of cyclic esters (lactones) is 1. The summed E-state index contributed by atoms with van der Waals surface area (Å²) in [5, 5.41) is 26.8. The van der Waals surface area contributed by atoms with Gasteiger partial charge in [0.2, 0.25) is 35.9 Å². The van der Waals surface area contributed by atoms with Crippen molar-refractivity contribution in [2.24, 2.45) is 0 Å². The first kappa shape index (κ1) is 66.7. The number of unbranched alkanes of at least 4 members (excludes halogenated alkanes) is 2. The average molecular weight is 1160 g/mol. The third-order valence-corrected chi connectivity index (χ3v) is 14.2. The van der Waals surface area contributed by atoms with Crippen molar-refractivity contribution in [2.75, 3.05) is 44.4 Å². The number of nitrogens with zero attached hydrogens (tertiary/aromatic N) is 3. The Bertz CT molecular complexity index is 2990. The lowest BCUT2D eigenvalue weighted by Gasteiger charge is -2.22. The fraction of sp³-hybridized carbons (Fsp3) is 0.475. The molecule has 2 atom stereocenters. The molecule has 21 nitrogen and oxygen atoms in total. The topological polar surface area (TPSA) is 293 Å². The highest BCUT2D eigenvalue weighted by atomic mass is 32.2. The van der Waals surface area contributed by atoms with Crippen molar-refractivity contribution in [2.45, 2.75) is 138 Å². The number of benzene rings is 2. The van der Waals surface area contributed by atoms with Gasteiger partial charge in [-0.3, -0.25) is 48.1 Å². The summed E-state index contributed by atoms with van der Waals surface area (Å²) < 4.78 is 21.1. The van der Waals surface area contributed by atoms with Crippen LogP contribution < -0.4 is 37.5 Å². The smallest absolute Gasteiger partial charge is 0.340 e. The van der Waals surface area contributed by atoms with Gasteiger partial charge in [0.15, 0.2) is 6.10 Å². The van der Waals surface area contributed by atoms with Crippen molar-refractivity contribution in [1.29, 1.82) is 0 Å². The summed E-state index contributed by atoms with van der Waals surface area (Å²) in [4.78, 5) is 122. The summed E-state index contributed by atoms with van der Waals surface area (Å²) in [5.41, 5.74) is 6.77. The number of ether oxygens (including phenoxy) is 1. The van der Waals surface area contributed by atoms with E-state index < -0.39 is 24.0 Å². The van der Waals surface area contributed by atoms with Crippen molar-refractivity contribution in [1.82, 2.24) is 46.4 Å². The van der Waals surface area contributed by atoms with E-state index in [4.69, 9.17) is 9.72 Å². The zero-order valence-electron chi connectivity index (χ0n) is 47.9. The number of hydrogen-bond acceptors (Lipinski definition) is 14. The van der Waals surface area contributed by atoms with Gasteiger partial charge in [0.25, 0.3) is 17.4 Å². The minimum absolute atomic E-state index is 0.00484. The van der Waals surface area contributed by atoms with Crippen LogP contribution in [0, 0.1) is 12.7 Å². The highest BCUT2D eigenvalue weighted by molar-refractivity contribution is 7.99. The Labute approximate surface area is 481 Å². The summed E-state index contributed by atoms with van der Waals surface area (Å²) >= 11 is 1.51. The first-order chi connectivity index (χ1) is 39.6. The van der Waals surface area contributed by atoms with E-state index in [2.05, 4.69) is 31.9 Å². The van der Waals surface area contributed by atoms with Crippen LogP contribution >= 0.6 is 11.8 Å². The second-order valence-electron chi connectivity index (χ2n) is 18.6. The lowest BCUT2D eigenvalue weighted by atomic mass is 9.85. The molecule has 2 aromatic carbocycles. The molecule has 0 radical (unpaired) electrons. The summed E-state index contributed by atoms with van der Waals surface area (Å²) in [5.74, 6) is -1.50. The molecule has 0 saturated carbocycles. The van der Waals surface area contributed by atoms with Crippen LogP contribution in [0.2, 0.25) is 0 Å². The number of hydrogen-bond donors (Lipinski definition) is 7. The second kappa shape index (κ2) is 34.5. The van der Waals surface area contributed by atoms with Gasteiger partial charge in [0.1, 0.15) is 18.5 Å². The Hall–Kier alpha value is -7.79. The number of thioether (sulfide) groups is 1. The molecule has 3 aliphatic heterocycles. The number of aliphatic hydroxyl groups excluding tert-OH is 1. The molecule has 8 amide bonds. The molecule has 4 aromatic rings. The summed E-state index contributed by atoms with van der Waals surface area (Å²) in [7, 11) is 0. The van der Waals surface area contributed by atoms with Crippen molar-refractivity contribution < 1.29 is 57.4 Å². The van der Waals surface area contributed by atoms with Crippen molar-refractivity contribution in [3.05, 3.63) is 110 Å². The maximum absolute atomic E-state index is 14.5. The number of aliphatic hydroxyl groups is 1. The van der Waals surface area contributed by atoms with Crippen LogP contribution in [0.4, 0.5) is 4.39 Å². The van der Waals surface area contributed by atoms with Gasteiger partial charge in [0.05, 0.1) is 48.0 Å². The molecule has 23 heteroatoms. The van der Waals surface area contributed by atoms with Gasteiger partial charge < -0.3 is 46.3 Å². The molecule has 82 heavy (non-hydrogen) atoms. The zero-order valence-corrected chi connectivity index (χ0v) is 48.7. The Morgan fingerprint density at radius 1 is 0.793 bits per heavy atom. The normalized spacial score (nSPS) is 14.2. The van der Waals surface area contributed by atoms with E-state index in [9.17, 15) is 57.4 Å². The van der Waals surface area contributed by atoms with Gasteiger partial charge in [-0.1, -0.05) is 64.4 Å². The lowest BCUT2D eigenvalue weighted by Crippen LogP contribution is -2.47. The van der Waals surface area contributed by atoms with E-state index in [1.54, 1.807) is 17.6 Å². The first-order valence-corrected chi connectivity index (χ1v) is 29.2. The van der Waals surface area contributed by atoms with Gasteiger partial charge >= 0.3 is 5.97 Å². The number of aryl methyl sites for hydroxylation is 2. The third kappa shape index (κ3) is 18.6. The highest BCUT2D eigenvalue weighted by Crippen LogP contribution is 2.42. The molecule has 7 N–H and O–H groups in total. The second-order valence-corrected chi connectivity index (χ2v) is 19.8. The molecule has 0 spiro atoms. The lowest BCUT2D eigenvalue weighted by molar-refractivity contribution is -0.157. The van der Waals surface area contributed by atoms with Crippen molar-refractivity contribution in [3.63, 3.8) is 0 Å². The summed E-state index contributed by atoms with van der Waals surface area (Å²) in [6.07, 6.45) is 8.07. The predicted octanol–water partition coefficient (Wildman–Crippen LogP) is 4.41. The van der Waals surface area contributed by atoms with Crippen LogP contribution in [0.15, 0.2) is 59.4 Å². The molecular formula is C59H78FN9O12S. The van der Waals surface area contributed by atoms with E-state index in [1.165, 1.54) is 34.9 Å². The number of rotatable bonds is 23. The number of nitrogens with one attached hydrogen (secondary N) is 6. The largest absolute Gasteiger partial charge is 0.458 e. The molecule has 2 unspecified atom stereocenters. The number of fused-ring (bicyclic) bond motifs is 5. The Morgan fingerprint density at radius 2 is 1.43 bits per heavy atom. The van der Waals surface area contributed by atoms with Gasteiger partial charge in [-0.15, -0.1) is 11.8 Å². The van der Waals surface area contributed by atoms with Crippen LogP contribution in [-0.4, -0.2) is 124 Å². The van der Waals surface area contributed by atoms with E-state index in [0.717, 1.165) is 65.5 Å². The van der Waals surface area contributed by atoms with E-state index in [0.29, 0.717) is 98.6 Å². The molecule has 1 aliphatic carbocycles. The fourth-order valence-electron chi connectivity index (χ4n) is 9.31. The maximum atomic E-state index is 14.5. The number of pyridine rings is 2. The molecule has 8 rings (SSSR count). The predicted molar refractivity (Wildman–Crippen MR) is 310 cm³/mol. The summed E-state index contributed by atoms with van der Waals surface area (Å²) in [6, 6.07) is 11.7. The van der Waals surface area contributed by atoms with Gasteiger partial charge in [-0.25, -0.2) is 14.2 Å². The van der Waals surface area contributed by atoms with Gasteiger partial charge in [-0.05, 0) is 93.4 Å². The number of halogens is 1. The highest BCUT2D eigenvalue weighted by Gasteiger charge is 2.35. The number of esters is 1. The number of likely N-dealkylation sites (N-methyl/N-ethyl adjacent to an activating group) is 1. The average Bonchev–Trinajstić information content (AvgIpc) is 4.06. The minimum Gasteiger partial charge on any atom is -0.458 e. The minimum atomic E-state index is -1.48. The zero-order chi connectivity index (χ0) is 60.3. The Balaban J connectivity index is 0.000000260. The number of aromatic nitrogens is 2. The van der Waals surface area contributed by atoms with Gasteiger partial charge in [0, 0.05) is 73.6 Å². The number of amides is 8. The number of carbonyl (C=O) groups is 9. The Morgan fingerprint density at radius 3 is 2.11 bits per heavy atom. The van der Waals surface area contributed by atoms with Crippen LogP contribution in [0.1, 0.15) is 132 Å². The molecule has 444 valence electrons. The first-order valence-electron chi connectivity index (χ1n) is 28.0. The third-order valence-electron chi connectivity index (χ3n) is 13.3. The van der Waals surface area contributed by atoms with E-state index >= 15 is 0 Å². The Kier molecular flexibility index (Phi) is 28.1. The fourth-order valence-corrected chi connectivity index (χ4v) is 10.1. The van der Waals surface area contributed by atoms with Gasteiger partial charge in [-0.2, -0.15) is 0 Å². The van der Waals surface area contributed by atoms with Crippen LogP contribution in [-0.2, 0) is 80.3 Å². The van der Waals surface area contributed by atoms with Crippen LogP contribution in [0.25, 0.3) is 22.3 Å². The molecule has 0 fully saturated rings. The molecule has 5 heterocycles. The maximum Gasteiger partial charge on any atom is 0.340 e. The quantitative estimate of drug-likeness (QED) is 0.0157. The molecule has 2 aromatic heterocycles. The van der Waals surface area contributed by atoms with Crippen LogP contribution in [0.3, 0.4) is 0 Å². The SMILES string of the molecule is CC.CC.CCNC(=O)CCCSCNC(=O)CNC(=O)C(Cc1ccccc1)NC=O.CCNC(=O)CNC(=O)CCCCCN1C(=O)C=CC1=O.Cc1c(F)cc2nc3c(c4c2c1CCC4)Cn1c-3cc2c(c1=O)COC(=O)C2O. The molecule has 0 saturated heterocycles. The van der Waals surface area contributed by atoms with E-state index in [1.807, 2.05) is 71.9 Å². The van der Waals surface area contributed by atoms with Crippen molar-refractivity contribution >= 4 is 76.4 Å². The van der Waals surface area contributed by atoms with Crippen molar-refractivity contribution in [3.8, 4) is 11.4 Å². The monoisotopic (exact) mass is 1160 g/mol. The van der Waals surface area contributed by atoms with E-state index in [-0.39, 0.29) is 72.1 Å².